The van der Waals surface area contributed by atoms with Crippen LogP contribution < -0.4 is 10.5 Å². The Bertz CT molecular complexity index is 728. The van der Waals surface area contributed by atoms with Crippen molar-refractivity contribution in [3.8, 4) is 0 Å². The Morgan fingerprint density at radius 2 is 1.90 bits per heavy atom. The number of benzene rings is 1. The molecule has 0 radical (unpaired) electrons. The molecule has 8 heteroatoms. The molecule has 21 heavy (non-hydrogen) atoms. The average Bonchev–Trinajstić information content (AvgIpc) is 2.62. The van der Waals surface area contributed by atoms with Crippen LogP contribution in [-0.4, -0.2) is 33.9 Å². The van der Waals surface area contributed by atoms with Gasteiger partial charge in [0.25, 0.3) is 0 Å². The molecule has 1 aliphatic heterocycles. The lowest BCUT2D eigenvalue weighted by atomic mass is 10.0. The number of rotatable bonds is 5. The molecule has 1 aromatic carbocycles. The van der Waals surface area contributed by atoms with Gasteiger partial charge in [-0.25, -0.2) is 21.6 Å². The van der Waals surface area contributed by atoms with Gasteiger partial charge in [-0.05, 0) is 24.5 Å². The van der Waals surface area contributed by atoms with Gasteiger partial charge in [-0.1, -0.05) is 24.3 Å². The second kappa shape index (κ2) is 5.68. The summed E-state index contributed by atoms with van der Waals surface area (Å²) in [7, 11) is -6.79. The zero-order valence-corrected chi connectivity index (χ0v) is 13.5. The molecular weight excluding hydrogens is 312 g/mol. The third-order valence-corrected chi connectivity index (χ3v) is 6.99. The summed E-state index contributed by atoms with van der Waals surface area (Å²) in [6.07, 6.45) is 0.299. The fourth-order valence-electron chi connectivity index (χ4n) is 2.60. The second-order valence-electron chi connectivity index (χ2n) is 5.74. The van der Waals surface area contributed by atoms with Crippen LogP contribution in [0.1, 0.15) is 24.5 Å². The minimum absolute atomic E-state index is 0.0193. The van der Waals surface area contributed by atoms with E-state index in [2.05, 4.69) is 4.72 Å². The average molecular weight is 332 g/mol. The molecule has 0 amide bonds. The molecule has 118 valence electrons. The van der Waals surface area contributed by atoms with Crippen LogP contribution >= 0.6 is 0 Å². The van der Waals surface area contributed by atoms with Crippen molar-refractivity contribution in [2.45, 2.75) is 31.2 Å². The number of sulfone groups is 1. The molecule has 6 nitrogen and oxygen atoms in total. The molecular formula is C13H20N2O4S2. The highest BCUT2D eigenvalue weighted by Crippen LogP contribution is 2.24. The Kier molecular flexibility index (Phi) is 4.44. The standard InChI is InChI=1S/C13H20N2O4S2/c1-13(6-7-20(16,17)10-13)15-21(18,19)9-12-5-3-2-4-11(12)8-14/h2-5,15H,6-10,14H2,1H3. The number of sulfonamides is 1. The van der Waals surface area contributed by atoms with Crippen LogP contribution in [0.5, 0.6) is 0 Å². The Hall–Kier alpha value is -0.960. The first kappa shape index (κ1) is 16.4. The predicted molar refractivity (Wildman–Crippen MR) is 81.8 cm³/mol. The van der Waals surface area contributed by atoms with Crippen LogP contribution in [0.4, 0.5) is 0 Å². The summed E-state index contributed by atoms with van der Waals surface area (Å²) in [5.74, 6) is -0.334. The minimum Gasteiger partial charge on any atom is -0.326 e. The van der Waals surface area contributed by atoms with E-state index in [1.807, 2.05) is 0 Å². The number of nitrogens with one attached hydrogen (secondary N) is 1. The van der Waals surface area contributed by atoms with Crippen LogP contribution in [0.15, 0.2) is 24.3 Å². The van der Waals surface area contributed by atoms with Gasteiger partial charge in [0.2, 0.25) is 10.0 Å². The van der Waals surface area contributed by atoms with Gasteiger partial charge in [0.15, 0.2) is 9.84 Å². The van der Waals surface area contributed by atoms with E-state index in [1.165, 1.54) is 0 Å². The molecule has 0 spiro atoms. The highest BCUT2D eigenvalue weighted by molar-refractivity contribution is 7.92. The van der Waals surface area contributed by atoms with E-state index in [-0.39, 0.29) is 23.8 Å². The topological polar surface area (TPSA) is 106 Å². The normalized spacial score (nSPS) is 25.0. The SMILES string of the molecule is CC1(NS(=O)(=O)Cc2ccccc2CN)CCS(=O)(=O)C1. The van der Waals surface area contributed by atoms with E-state index in [1.54, 1.807) is 31.2 Å². The van der Waals surface area contributed by atoms with Gasteiger partial charge in [-0.15, -0.1) is 0 Å². The van der Waals surface area contributed by atoms with Crippen molar-refractivity contribution in [1.29, 1.82) is 0 Å². The van der Waals surface area contributed by atoms with Crippen LogP contribution in [0, 0.1) is 0 Å². The Morgan fingerprint density at radius 1 is 1.29 bits per heavy atom. The molecule has 3 N–H and O–H groups in total. The van der Waals surface area contributed by atoms with Gasteiger partial charge in [0, 0.05) is 12.1 Å². The summed E-state index contributed by atoms with van der Waals surface area (Å²) in [6.45, 7) is 1.89. The number of hydrogen-bond donors (Lipinski definition) is 2. The van der Waals surface area contributed by atoms with Crippen LogP contribution in [0.2, 0.25) is 0 Å². The summed E-state index contributed by atoms with van der Waals surface area (Å²) in [4.78, 5) is 0. The second-order valence-corrected chi connectivity index (χ2v) is 9.64. The molecule has 1 aliphatic rings. The summed E-state index contributed by atoms with van der Waals surface area (Å²) in [6, 6.07) is 7.06. The molecule has 1 atom stereocenters. The number of nitrogens with two attached hydrogens (primary N) is 1. The lowest BCUT2D eigenvalue weighted by Gasteiger charge is -2.23. The molecule has 0 bridgehead atoms. The van der Waals surface area contributed by atoms with Crippen molar-refractivity contribution in [3.05, 3.63) is 35.4 Å². The van der Waals surface area contributed by atoms with Crippen molar-refractivity contribution in [2.24, 2.45) is 5.73 Å². The first-order valence-electron chi connectivity index (χ1n) is 6.64. The molecule has 0 saturated carbocycles. The van der Waals surface area contributed by atoms with Gasteiger partial charge in [-0.3, -0.25) is 0 Å². The maximum Gasteiger partial charge on any atom is 0.216 e. The molecule has 1 aromatic rings. The van der Waals surface area contributed by atoms with Gasteiger partial charge in [-0.2, -0.15) is 0 Å². The lowest BCUT2D eigenvalue weighted by molar-refractivity contribution is 0.461. The summed E-state index contributed by atoms with van der Waals surface area (Å²) in [5.41, 5.74) is 6.09. The first-order valence-corrected chi connectivity index (χ1v) is 10.1. The zero-order chi connectivity index (χ0) is 15.7. The van der Waals surface area contributed by atoms with Crippen molar-refractivity contribution in [2.75, 3.05) is 11.5 Å². The van der Waals surface area contributed by atoms with E-state index in [0.717, 1.165) is 5.56 Å². The summed E-state index contributed by atoms with van der Waals surface area (Å²) >= 11 is 0. The molecule has 0 aromatic heterocycles. The van der Waals surface area contributed by atoms with Crippen molar-refractivity contribution < 1.29 is 16.8 Å². The van der Waals surface area contributed by atoms with Crippen molar-refractivity contribution in [1.82, 2.24) is 4.72 Å². The lowest BCUT2D eigenvalue weighted by Crippen LogP contribution is -2.47. The third kappa shape index (κ3) is 4.26. The molecule has 1 fully saturated rings. The highest BCUT2D eigenvalue weighted by Gasteiger charge is 2.41. The Labute approximate surface area is 125 Å². The fourth-order valence-corrected chi connectivity index (χ4v) is 6.48. The third-order valence-electron chi connectivity index (χ3n) is 3.59. The predicted octanol–water partition coefficient (Wildman–Crippen LogP) is 0.142. The van der Waals surface area contributed by atoms with Crippen molar-refractivity contribution >= 4 is 19.9 Å². The largest absolute Gasteiger partial charge is 0.326 e. The van der Waals surface area contributed by atoms with Gasteiger partial charge in [0.05, 0.1) is 17.3 Å². The van der Waals surface area contributed by atoms with E-state index in [4.69, 9.17) is 5.73 Å². The van der Waals surface area contributed by atoms with Gasteiger partial charge < -0.3 is 5.73 Å². The molecule has 1 saturated heterocycles. The van der Waals surface area contributed by atoms with Crippen LogP contribution in [0.3, 0.4) is 0 Å². The smallest absolute Gasteiger partial charge is 0.216 e. The molecule has 2 rings (SSSR count). The minimum atomic E-state index is -3.63. The van der Waals surface area contributed by atoms with E-state index in [0.29, 0.717) is 12.0 Å². The summed E-state index contributed by atoms with van der Waals surface area (Å²) < 4.78 is 50.2. The van der Waals surface area contributed by atoms with E-state index in [9.17, 15) is 16.8 Å². The summed E-state index contributed by atoms with van der Waals surface area (Å²) in [5, 5.41) is 0. The quantitative estimate of drug-likeness (QED) is 0.798. The highest BCUT2D eigenvalue weighted by atomic mass is 32.2. The van der Waals surface area contributed by atoms with Gasteiger partial charge in [0.1, 0.15) is 0 Å². The fraction of sp³-hybridized carbons (Fsp3) is 0.538. The van der Waals surface area contributed by atoms with Crippen LogP contribution in [-0.2, 0) is 32.2 Å². The zero-order valence-electron chi connectivity index (χ0n) is 11.9. The number of hydrogen-bond acceptors (Lipinski definition) is 5. The van der Waals surface area contributed by atoms with E-state index >= 15 is 0 Å². The molecule has 1 unspecified atom stereocenters. The molecule has 1 heterocycles. The maximum absolute atomic E-state index is 12.3. The Balaban J connectivity index is 2.16. The Morgan fingerprint density at radius 3 is 2.43 bits per heavy atom. The van der Waals surface area contributed by atoms with Gasteiger partial charge >= 0.3 is 0 Å². The maximum atomic E-state index is 12.3. The monoisotopic (exact) mass is 332 g/mol. The van der Waals surface area contributed by atoms with Crippen molar-refractivity contribution in [3.63, 3.8) is 0 Å². The van der Waals surface area contributed by atoms with E-state index < -0.39 is 25.4 Å². The molecule has 0 aliphatic carbocycles. The first-order chi connectivity index (χ1) is 9.65. The van der Waals surface area contributed by atoms with Crippen LogP contribution in [0.25, 0.3) is 0 Å².